The van der Waals surface area contributed by atoms with E-state index >= 15 is 0 Å². The van der Waals surface area contributed by atoms with E-state index in [-0.39, 0.29) is 11.7 Å². The van der Waals surface area contributed by atoms with Crippen LogP contribution < -0.4 is 16.8 Å². The van der Waals surface area contributed by atoms with Crippen molar-refractivity contribution in [3.8, 4) is 0 Å². The van der Waals surface area contributed by atoms with Crippen LogP contribution in [0.2, 0.25) is 10.0 Å². The van der Waals surface area contributed by atoms with E-state index in [1.54, 1.807) is 17.5 Å². The van der Waals surface area contributed by atoms with Gasteiger partial charge in [-0.3, -0.25) is 10.1 Å². The maximum absolute atomic E-state index is 12.2. The molecule has 0 aliphatic carbocycles. The molecule has 0 fully saturated rings. The van der Waals surface area contributed by atoms with E-state index in [1.165, 1.54) is 11.3 Å². The molecule has 0 saturated carbocycles. The summed E-state index contributed by atoms with van der Waals surface area (Å²) in [6.45, 7) is 0. The van der Waals surface area contributed by atoms with Crippen LogP contribution in [-0.2, 0) is 0 Å². The van der Waals surface area contributed by atoms with Gasteiger partial charge in [0.2, 0.25) is 5.13 Å². The number of carbonyl (C=O) groups is 1. The molecule has 1 amide bonds. The monoisotopic (exact) mass is 386 g/mol. The molecule has 0 spiro atoms. The maximum Gasteiger partial charge on any atom is 0.276 e. The molecule has 3 rings (SSSR count). The fourth-order valence-corrected chi connectivity index (χ4v) is 3.62. The number of guanidine groups is 1. The zero-order valence-corrected chi connectivity index (χ0v) is 14.4. The molecule has 11 heteroatoms. The second kappa shape index (κ2) is 6.28. The molecule has 23 heavy (non-hydrogen) atoms. The van der Waals surface area contributed by atoms with Gasteiger partial charge in [0.15, 0.2) is 11.1 Å². The quantitative estimate of drug-likeness (QED) is 0.471. The summed E-state index contributed by atoms with van der Waals surface area (Å²) in [5.41, 5.74) is 11.4. The van der Waals surface area contributed by atoms with Gasteiger partial charge < -0.3 is 11.5 Å². The van der Waals surface area contributed by atoms with Crippen molar-refractivity contribution < 1.29 is 4.79 Å². The first-order valence-electron chi connectivity index (χ1n) is 6.04. The van der Waals surface area contributed by atoms with Gasteiger partial charge in [0.25, 0.3) is 5.91 Å². The minimum absolute atomic E-state index is 0.119. The summed E-state index contributed by atoms with van der Waals surface area (Å²) in [4.78, 5) is 24.3. The third kappa shape index (κ3) is 3.53. The van der Waals surface area contributed by atoms with Crippen LogP contribution in [0, 0.1) is 0 Å². The summed E-state index contributed by atoms with van der Waals surface area (Å²) in [6, 6.07) is 3.34. The molecule has 118 valence electrons. The Bertz CT molecular complexity index is 892. The molecule has 2 heterocycles. The SMILES string of the molecule is NC(N)=Nc1nc(C(=O)Nc2nc3cc(Cl)c(Cl)cc3s2)cs1. The van der Waals surface area contributed by atoms with Crippen molar-refractivity contribution in [1.29, 1.82) is 0 Å². The first-order chi connectivity index (χ1) is 10.9. The maximum atomic E-state index is 12.2. The van der Waals surface area contributed by atoms with Crippen molar-refractivity contribution in [2.45, 2.75) is 0 Å². The number of anilines is 1. The van der Waals surface area contributed by atoms with Crippen LogP contribution in [0.25, 0.3) is 10.2 Å². The summed E-state index contributed by atoms with van der Waals surface area (Å²) in [5.74, 6) is -0.527. The van der Waals surface area contributed by atoms with Gasteiger partial charge in [-0.25, -0.2) is 9.97 Å². The summed E-state index contributed by atoms with van der Waals surface area (Å²) in [7, 11) is 0. The highest BCUT2D eigenvalue weighted by Crippen LogP contribution is 2.33. The first-order valence-corrected chi connectivity index (χ1v) is 8.49. The Kier molecular flexibility index (Phi) is 4.35. The Hall–Kier alpha value is -1.94. The predicted octanol–water partition coefficient (Wildman–Crippen LogP) is 3.22. The average molecular weight is 387 g/mol. The molecular weight excluding hydrogens is 379 g/mol. The lowest BCUT2D eigenvalue weighted by atomic mass is 10.3. The Balaban J connectivity index is 1.82. The van der Waals surface area contributed by atoms with Crippen molar-refractivity contribution in [3.05, 3.63) is 33.3 Å². The normalized spacial score (nSPS) is 10.7. The number of aromatic nitrogens is 2. The Morgan fingerprint density at radius 1 is 1.22 bits per heavy atom. The summed E-state index contributed by atoms with van der Waals surface area (Å²) >= 11 is 14.3. The van der Waals surface area contributed by atoms with Crippen molar-refractivity contribution in [2.24, 2.45) is 16.5 Å². The number of hydrogen-bond donors (Lipinski definition) is 3. The molecule has 0 radical (unpaired) electrons. The van der Waals surface area contributed by atoms with Crippen LogP contribution in [0.3, 0.4) is 0 Å². The molecule has 0 bridgehead atoms. The number of amides is 1. The third-order valence-corrected chi connectivity index (χ3v) is 4.99. The highest BCUT2D eigenvalue weighted by Gasteiger charge is 2.14. The molecule has 0 saturated heterocycles. The van der Waals surface area contributed by atoms with Gasteiger partial charge in [-0.15, -0.1) is 11.3 Å². The number of halogens is 2. The van der Waals surface area contributed by atoms with Gasteiger partial charge in [0.1, 0.15) is 5.69 Å². The van der Waals surface area contributed by atoms with Gasteiger partial charge in [-0.2, -0.15) is 4.99 Å². The number of nitrogens with one attached hydrogen (secondary N) is 1. The fourth-order valence-electron chi connectivity index (χ4n) is 1.67. The highest BCUT2D eigenvalue weighted by atomic mass is 35.5. The fraction of sp³-hybridized carbons (Fsp3) is 0. The Morgan fingerprint density at radius 3 is 2.70 bits per heavy atom. The van der Waals surface area contributed by atoms with E-state index < -0.39 is 5.91 Å². The molecular formula is C12H8Cl2N6OS2. The number of fused-ring (bicyclic) bond motifs is 1. The Morgan fingerprint density at radius 2 is 1.96 bits per heavy atom. The second-order valence-corrected chi connectivity index (χ2v) is 6.94. The van der Waals surface area contributed by atoms with E-state index in [0.29, 0.717) is 25.8 Å². The van der Waals surface area contributed by atoms with Crippen molar-refractivity contribution in [2.75, 3.05) is 5.32 Å². The molecule has 7 nitrogen and oxygen atoms in total. The van der Waals surface area contributed by atoms with E-state index in [0.717, 1.165) is 16.0 Å². The zero-order chi connectivity index (χ0) is 16.6. The van der Waals surface area contributed by atoms with Crippen LogP contribution >= 0.6 is 45.9 Å². The minimum atomic E-state index is -0.408. The summed E-state index contributed by atoms with van der Waals surface area (Å²) in [6.07, 6.45) is 0. The zero-order valence-electron chi connectivity index (χ0n) is 11.2. The lowest BCUT2D eigenvalue weighted by Crippen LogP contribution is -2.21. The van der Waals surface area contributed by atoms with Crippen LogP contribution in [-0.4, -0.2) is 21.8 Å². The van der Waals surface area contributed by atoms with Crippen LogP contribution in [0.4, 0.5) is 10.3 Å². The predicted molar refractivity (Wildman–Crippen MR) is 95.2 cm³/mol. The van der Waals surface area contributed by atoms with Crippen LogP contribution in [0.1, 0.15) is 10.5 Å². The molecule has 0 aliphatic heterocycles. The van der Waals surface area contributed by atoms with E-state index in [1.807, 2.05) is 0 Å². The molecule has 0 atom stereocenters. The van der Waals surface area contributed by atoms with E-state index in [4.69, 9.17) is 34.7 Å². The summed E-state index contributed by atoms with van der Waals surface area (Å²) < 4.78 is 0.814. The largest absolute Gasteiger partial charge is 0.370 e. The number of rotatable bonds is 3. The molecule has 0 aliphatic rings. The lowest BCUT2D eigenvalue weighted by molar-refractivity contribution is 0.102. The number of carbonyl (C=O) groups excluding carboxylic acids is 1. The molecule has 1 aromatic carbocycles. The van der Waals surface area contributed by atoms with Gasteiger partial charge >= 0.3 is 0 Å². The van der Waals surface area contributed by atoms with E-state index in [9.17, 15) is 4.79 Å². The van der Waals surface area contributed by atoms with Gasteiger partial charge in [-0.1, -0.05) is 34.5 Å². The van der Waals surface area contributed by atoms with Gasteiger partial charge in [0, 0.05) is 5.38 Å². The van der Waals surface area contributed by atoms with Crippen LogP contribution in [0.5, 0.6) is 0 Å². The van der Waals surface area contributed by atoms with Gasteiger partial charge in [0.05, 0.1) is 20.3 Å². The number of hydrogen-bond acceptors (Lipinski definition) is 6. The van der Waals surface area contributed by atoms with Crippen molar-refractivity contribution in [3.63, 3.8) is 0 Å². The topological polar surface area (TPSA) is 119 Å². The number of thiazole rings is 2. The van der Waals surface area contributed by atoms with Crippen molar-refractivity contribution >= 4 is 78.2 Å². The first kappa shape index (κ1) is 15.9. The van der Waals surface area contributed by atoms with Crippen LogP contribution in [0.15, 0.2) is 22.5 Å². The smallest absolute Gasteiger partial charge is 0.276 e. The number of benzene rings is 1. The summed E-state index contributed by atoms with van der Waals surface area (Å²) in [5, 5.41) is 5.78. The van der Waals surface area contributed by atoms with Crippen molar-refractivity contribution in [1.82, 2.24) is 9.97 Å². The molecule has 2 aromatic heterocycles. The molecule has 5 N–H and O–H groups in total. The van der Waals surface area contributed by atoms with Gasteiger partial charge in [-0.05, 0) is 12.1 Å². The Labute approximate surface area is 148 Å². The highest BCUT2D eigenvalue weighted by molar-refractivity contribution is 7.22. The average Bonchev–Trinajstić information content (AvgIpc) is 3.05. The third-order valence-electron chi connectivity index (χ3n) is 2.60. The minimum Gasteiger partial charge on any atom is -0.370 e. The van der Waals surface area contributed by atoms with E-state index in [2.05, 4.69) is 20.3 Å². The molecule has 3 aromatic rings. The molecule has 0 unspecified atom stereocenters. The number of nitrogens with two attached hydrogens (primary N) is 2. The number of aliphatic imine (C=N–C) groups is 1. The standard InChI is InChI=1S/C12H8Cl2N6OS2/c13-4-1-6-8(2-5(4)14)23-12(17-6)19-9(21)7-3-22-11(18-7)20-10(15)16/h1-3H,(H,17,19,21)(H4,15,16,18,20). The lowest BCUT2D eigenvalue weighted by Gasteiger charge is -1.96. The number of nitrogens with zero attached hydrogens (tertiary/aromatic N) is 3. The second-order valence-electron chi connectivity index (χ2n) is 4.26.